The monoisotopic (exact) mass is 324 g/mol. The summed E-state index contributed by atoms with van der Waals surface area (Å²) in [5.41, 5.74) is 0.776. The Balaban J connectivity index is 1.54. The van der Waals surface area contributed by atoms with Gasteiger partial charge in [0.15, 0.2) is 0 Å². The highest BCUT2D eigenvalue weighted by Gasteiger charge is 2.15. The summed E-state index contributed by atoms with van der Waals surface area (Å²) >= 11 is 7.90. The lowest BCUT2D eigenvalue weighted by Gasteiger charge is -2.21. The number of halogens is 1. The van der Waals surface area contributed by atoms with Gasteiger partial charge in [0.05, 0.1) is 22.4 Å². The molecule has 6 heteroatoms. The average Bonchev–Trinajstić information content (AvgIpc) is 2.97. The topological polar surface area (TPSA) is 48.2 Å². The molecule has 0 N–H and O–H groups in total. The fraction of sp³-hybridized carbons (Fsp3) is 0.467. The first-order valence-corrected chi connectivity index (χ1v) is 8.63. The first-order chi connectivity index (χ1) is 10.3. The molecule has 1 aromatic carbocycles. The summed E-state index contributed by atoms with van der Waals surface area (Å²) in [6, 6.07) is 7.47. The zero-order valence-electron chi connectivity index (χ0n) is 11.6. The Bertz CT molecular complexity index is 585. The fourth-order valence-corrected chi connectivity index (χ4v) is 3.42. The van der Waals surface area contributed by atoms with Crippen molar-refractivity contribution in [2.45, 2.75) is 31.1 Å². The van der Waals surface area contributed by atoms with Crippen molar-refractivity contribution in [2.24, 2.45) is 0 Å². The van der Waals surface area contributed by atoms with Gasteiger partial charge in [-0.3, -0.25) is 0 Å². The van der Waals surface area contributed by atoms with E-state index in [0.717, 1.165) is 24.3 Å². The number of benzene rings is 1. The predicted octanol–water partition coefficient (Wildman–Crippen LogP) is 4.19. The quantitative estimate of drug-likeness (QED) is 0.825. The van der Waals surface area contributed by atoms with Crippen LogP contribution in [0.2, 0.25) is 5.02 Å². The average molecular weight is 325 g/mol. The van der Waals surface area contributed by atoms with E-state index in [1.807, 2.05) is 24.3 Å². The second-order valence-corrected chi connectivity index (χ2v) is 6.42. The van der Waals surface area contributed by atoms with E-state index in [4.69, 9.17) is 20.8 Å². The second-order valence-electron chi connectivity index (χ2n) is 4.98. The van der Waals surface area contributed by atoms with E-state index in [-0.39, 0.29) is 0 Å². The van der Waals surface area contributed by atoms with Crippen molar-refractivity contribution in [1.29, 1.82) is 0 Å². The summed E-state index contributed by atoms with van der Waals surface area (Å²) in [5.74, 6) is 2.79. The fourth-order valence-electron chi connectivity index (χ4n) is 2.27. The van der Waals surface area contributed by atoms with Crippen LogP contribution in [-0.2, 0) is 10.5 Å². The van der Waals surface area contributed by atoms with Crippen molar-refractivity contribution in [3.8, 4) is 11.5 Å². The predicted molar refractivity (Wildman–Crippen MR) is 84.5 cm³/mol. The Hall–Kier alpha value is -1.04. The molecule has 1 aliphatic rings. The molecular weight excluding hydrogens is 308 g/mol. The molecule has 1 unspecified atom stereocenters. The lowest BCUT2D eigenvalue weighted by molar-refractivity contribution is 0.0315. The van der Waals surface area contributed by atoms with Crippen molar-refractivity contribution in [2.75, 3.05) is 12.4 Å². The molecule has 1 saturated heterocycles. The minimum absolute atomic E-state index is 0.370. The molecule has 0 spiro atoms. The molecule has 112 valence electrons. The number of rotatable bonds is 5. The van der Waals surface area contributed by atoms with E-state index in [9.17, 15) is 0 Å². The van der Waals surface area contributed by atoms with Crippen LogP contribution in [0.3, 0.4) is 0 Å². The first kappa shape index (κ1) is 14.9. The van der Waals surface area contributed by atoms with Crippen molar-refractivity contribution < 1.29 is 9.15 Å². The third kappa shape index (κ3) is 3.99. The number of ether oxygens (including phenoxy) is 1. The van der Waals surface area contributed by atoms with Gasteiger partial charge in [-0.25, -0.2) is 0 Å². The Morgan fingerprint density at radius 2 is 2.14 bits per heavy atom. The van der Waals surface area contributed by atoms with Gasteiger partial charge in [-0.2, -0.15) is 0 Å². The number of hydrogen-bond donors (Lipinski definition) is 0. The molecule has 1 fully saturated rings. The standard InChI is InChI=1S/C15H17ClN2O2S/c16-13-7-2-1-6-12(13)15-18-17-14(20-15)10-21-9-11-5-3-4-8-19-11/h1-2,6-7,11H,3-5,8-10H2. The van der Waals surface area contributed by atoms with E-state index in [0.29, 0.717) is 28.7 Å². The van der Waals surface area contributed by atoms with E-state index in [1.165, 1.54) is 12.8 Å². The van der Waals surface area contributed by atoms with Gasteiger partial charge in [0.25, 0.3) is 0 Å². The second kappa shape index (κ2) is 7.29. The summed E-state index contributed by atoms with van der Waals surface area (Å²) in [4.78, 5) is 0. The van der Waals surface area contributed by atoms with Gasteiger partial charge in [-0.05, 0) is 31.4 Å². The van der Waals surface area contributed by atoms with Crippen LogP contribution >= 0.6 is 23.4 Å². The molecule has 3 rings (SSSR count). The van der Waals surface area contributed by atoms with Crippen LogP contribution in [0.5, 0.6) is 0 Å². The molecular formula is C15H17ClN2O2S. The van der Waals surface area contributed by atoms with Gasteiger partial charge in [-0.1, -0.05) is 23.7 Å². The molecule has 4 nitrogen and oxygen atoms in total. The molecule has 1 atom stereocenters. The zero-order valence-corrected chi connectivity index (χ0v) is 13.2. The summed E-state index contributed by atoms with van der Waals surface area (Å²) in [7, 11) is 0. The minimum Gasteiger partial charge on any atom is -0.420 e. The lowest BCUT2D eigenvalue weighted by atomic mass is 10.1. The highest BCUT2D eigenvalue weighted by atomic mass is 35.5. The van der Waals surface area contributed by atoms with E-state index < -0.39 is 0 Å². The van der Waals surface area contributed by atoms with Crippen molar-refractivity contribution in [3.63, 3.8) is 0 Å². The molecule has 2 aromatic rings. The Kier molecular flexibility index (Phi) is 5.17. The van der Waals surface area contributed by atoms with Crippen LogP contribution in [-0.4, -0.2) is 28.7 Å². The maximum Gasteiger partial charge on any atom is 0.249 e. The zero-order chi connectivity index (χ0) is 14.5. The van der Waals surface area contributed by atoms with E-state index in [2.05, 4.69) is 10.2 Å². The van der Waals surface area contributed by atoms with Crippen LogP contribution in [0.4, 0.5) is 0 Å². The molecule has 0 amide bonds. The van der Waals surface area contributed by atoms with Crippen LogP contribution in [0, 0.1) is 0 Å². The molecule has 0 bridgehead atoms. The minimum atomic E-state index is 0.370. The van der Waals surface area contributed by atoms with Crippen LogP contribution in [0.15, 0.2) is 28.7 Å². The number of nitrogens with zero attached hydrogens (tertiary/aromatic N) is 2. The highest BCUT2D eigenvalue weighted by molar-refractivity contribution is 7.98. The third-order valence-corrected chi connectivity index (χ3v) is 4.76. The smallest absolute Gasteiger partial charge is 0.249 e. The maximum atomic E-state index is 6.12. The number of aromatic nitrogens is 2. The molecule has 1 aliphatic heterocycles. The Labute approximate surface area is 133 Å². The van der Waals surface area contributed by atoms with Crippen LogP contribution in [0.1, 0.15) is 25.2 Å². The number of hydrogen-bond acceptors (Lipinski definition) is 5. The molecule has 21 heavy (non-hydrogen) atoms. The molecule has 1 aromatic heterocycles. The summed E-state index contributed by atoms with van der Waals surface area (Å²) in [6.07, 6.45) is 3.98. The molecule has 0 radical (unpaired) electrons. The lowest BCUT2D eigenvalue weighted by Crippen LogP contribution is -2.21. The van der Waals surface area contributed by atoms with Crippen molar-refractivity contribution in [1.82, 2.24) is 10.2 Å². The van der Waals surface area contributed by atoms with E-state index in [1.54, 1.807) is 11.8 Å². The Morgan fingerprint density at radius 1 is 1.24 bits per heavy atom. The SMILES string of the molecule is Clc1ccccc1-c1nnc(CSCC2CCCCO2)o1. The van der Waals surface area contributed by atoms with Gasteiger partial charge in [-0.15, -0.1) is 22.0 Å². The first-order valence-electron chi connectivity index (χ1n) is 7.09. The van der Waals surface area contributed by atoms with Gasteiger partial charge in [0.1, 0.15) is 0 Å². The van der Waals surface area contributed by atoms with Crippen molar-refractivity contribution in [3.05, 3.63) is 35.2 Å². The largest absolute Gasteiger partial charge is 0.420 e. The van der Waals surface area contributed by atoms with Crippen molar-refractivity contribution >= 4 is 23.4 Å². The van der Waals surface area contributed by atoms with Crippen LogP contribution < -0.4 is 0 Å². The van der Waals surface area contributed by atoms with E-state index >= 15 is 0 Å². The summed E-state index contributed by atoms with van der Waals surface area (Å²) in [5, 5.41) is 8.77. The number of thioether (sulfide) groups is 1. The van der Waals surface area contributed by atoms with Gasteiger partial charge in [0.2, 0.25) is 11.8 Å². The normalized spacial score (nSPS) is 18.8. The summed E-state index contributed by atoms with van der Waals surface area (Å²) in [6.45, 7) is 0.891. The van der Waals surface area contributed by atoms with Gasteiger partial charge in [0, 0.05) is 12.4 Å². The highest BCUT2D eigenvalue weighted by Crippen LogP contribution is 2.27. The molecule has 2 heterocycles. The van der Waals surface area contributed by atoms with Gasteiger partial charge >= 0.3 is 0 Å². The molecule has 0 aliphatic carbocycles. The summed E-state index contributed by atoms with van der Waals surface area (Å²) < 4.78 is 11.4. The molecule has 0 saturated carbocycles. The van der Waals surface area contributed by atoms with Gasteiger partial charge < -0.3 is 9.15 Å². The van der Waals surface area contributed by atoms with Crippen LogP contribution in [0.25, 0.3) is 11.5 Å². The third-order valence-electron chi connectivity index (χ3n) is 3.37. The Morgan fingerprint density at radius 3 is 2.95 bits per heavy atom. The maximum absolute atomic E-state index is 6.12.